The summed E-state index contributed by atoms with van der Waals surface area (Å²) in [5, 5.41) is 4.27. The van der Waals surface area contributed by atoms with Gasteiger partial charge in [0.05, 0.1) is 18.8 Å². The first-order chi connectivity index (χ1) is 7.15. The second-order valence-corrected chi connectivity index (χ2v) is 3.99. The lowest BCUT2D eigenvalue weighted by molar-refractivity contribution is 0.0998. The van der Waals surface area contributed by atoms with Gasteiger partial charge < -0.3 is 10.5 Å². The number of nitrogens with zero attached hydrogens (tertiary/aromatic N) is 2. The van der Waals surface area contributed by atoms with Crippen LogP contribution in [0.15, 0.2) is 12.4 Å². The van der Waals surface area contributed by atoms with Crippen molar-refractivity contribution in [3.8, 4) is 0 Å². The van der Waals surface area contributed by atoms with Gasteiger partial charge in [0.2, 0.25) is 0 Å². The van der Waals surface area contributed by atoms with Gasteiger partial charge in [0.1, 0.15) is 0 Å². The van der Waals surface area contributed by atoms with Crippen molar-refractivity contribution < 1.29 is 4.74 Å². The Hall–Kier alpha value is -0.870. The number of hydrogen-bond donors (Lipinski definition) is 1. The molecule has 0 spiro atoms. The molecular weight excluding hydrogens is 190 g/mol. The lowest BCUT2D eigenvalue weighted by Gasteiger charge is -2.08. The van der Waals surface area contributed by atoms with Gasteiger partial charge in [0.25, 0.3) is 0 Å². The summed E-state index contributed by atoms with van der Waals surface area (Å²) in [5.41, 5.74) is 7.08. The van der Waals surface area contributed by atoms with Crippen molar-refractivity contribution in [1.29, 1.82) is 0 Å². The molecule has 15 heavy (non-hydrogen) atoms. The third-order valence-electron chi connectivity index (χ3n) is 2.56. The van der Waals surface area contributed by atoms with Crippen LogP contribution in [0.25, 0.3) is 0 Å². The molecule has 0 aliphatic heterocycles. The maximum atomic E-state index is 5.88. The monoisotopic (exact) mass is 211 g/mol. The number of methoxy groups -OCH3 is 1. The second kappa shape index (κ2) is 5.88. The Morgan fingerprint density at radius 1 is 1.60 bits per heavy atom. The minimum absolute atomic E-state index is 0.192. The van der Waals surface area contributed by atoms with Crippen LogP contribution in [0.3, 0.4) is 0 Å². The van der Waals surface area contributed by atoms with E-state index in [-0.39, 0.29) is 12.1 Å². The third kappa shape index (κ3) is 4.01. The Morgan fingerprint density at radius 2 is 2.33 bits per heavy atom. The number of hydrogen-bond acceptors (Lipinski definition) is 3. The van der Waals surface area contributed by atoms with Crippen molar-refractivity contribution in [3.05, 3.63) is 18.0 Å². The summed E-state index contributed by atoms with van der Waals surface area (Å²) in [7, 11) is 1.71. The van der Waals surface area contributed by atoms with Crippen LogP contribution in [0.5, 0.6) is 0 Å². The van der Waals surface area contributed by atoms with Crippen LogP contribution in [-0.2, 0) is 17.7 Å². The molecule has 1 aromatic heterocycles. The number of ether oxygens (including phenoxy) is 1. The predicted octanol–water partition coefficient (Wildman–Crippen LogP) is 1.20. The van der Waals surface area contributed by atoms with Gasteiger partial charge in [-0.05, 0) is 25.3 Å². The SMILES string of the molecule is CCC(N)Cc1cnn(CC(C)OC)c1. The third-order valence-corrected chi connectivity index (χ3v) is 2.56. The van der Waals surface area contributed by atoms with Crippen LogP contribution in [0.4, 0.5) is 0 Å². The fraction of sp³-hybridized carbons (Fsp3) is 0.727. The van der Waals surface area contributed by atoms with Gasteiger partial charge in [0.15, 0.2) is 0 Å². The second-order valence-electron chi connectivity index (χ2n) is 3.99. The quantitative estimate of drug-likeness (QED) is 0.769. The molecule has 4 heteroatoms. The molecule has 0 aliphatic rings. The zero-order chi connectivity index (χ0) is 11.3. The number of rotatable bonds is 6. The first-order valence-corrected chi connectivity index (χ1v) is 5.45. The first kappa shape index (κ1) is 12.2. The molecule has 0 aromatic carbocycles. The van der Waals surface area contributed by atoms with Crippen LogP contribution in [0, 0.1) is 0 Å². The lowest BCUT2D eigenvalue weighted by atomic mass is 10.1. The molecule has 1 aromatic rings. The van der Waals surface area contributed by atoms with Gasteiger partial charge in [-0.25, -0.2) is 0 Å². The lowest BCUT2D eigenvalue weighted by Crippen LogP contribution is -2.21. The Bertz CT molecular complexity index is 259. The van der Waals surface area contributed by atoms with Gasteiger partial charge in [0, 0.05) is 19.3 Å². The van der Waals surface area contributed by atoms with Crippen molar-refractivity contribution >= 4 is 0 Å². The normalized spacial score (nSPS) is 15.2. The van der Waals surface area contributed by atoms with Gasteiger partial charge in [-0.1, -0.05) is 6.92 Å². The molecule has 4 nitrogen and oxygen atoms in total. The molecule has 2 unspecified atom stereocenters. The fourth-order valence-electron chi connectivity index (χ4n) is 1.40. The highest BCUT2D eigenvalue weighted by Gasteiger charge is 2.06. The van der Waals surface area contributed by atoms with E-state index in [4.69, 9.17) is 10.5 Å². The Morgan fingerprint density at radius 3 is 2.93 bits per heavy atom. The van der Waals surface area contributed by atoms with E-state index < -0.39 is 0 Å². The van der Waals surface area contributed by atoms with Gasteiger partial charge in [-0.2, -0.15) is 5.10 Å². The highest BCUT2D eigenvalue weighted by Crippen LogP contribution is 2.04. The molecule has 0 fully saturated rings. The maximum absolute atomic E-state index is 5.88. The highest BCUT2D eigenvalue weighted by molar-refractivity contribution is 5.05. The Balaban J connectivity index is 2.49. The summed E-state index contributed by atoms with van der Waals surface area (Å²) in [6, 6.07) is 0.238. The van der Waals surface area contributed by atoms with E-state index in [1.54, 1.807) is 7.11 Å². The Labute approximate surface area is 91.4 Å². The van der Waals surface area contributed by atoms with Crippen LogP contribution in [0.1, 0.15) is 25.8 Å². The van der Waals surface area contributed by atoms with E-state index in [2.05, 4.69) is 12.0 Å². The molecule has 2 N–H and O–H groups in total. The first-order valence-electron chi connectivity index (χ1n) is 5.45. The molecular formula is C11H21N3O. The largest absolute Gasteiger partial charge is 0.380 e. The molecule has 2 atom stereocenters. The summed E-state index contributed by atoms with van der Waals surface area (Å²) >= 11 is 0. The van der Waals surface area contributed by atoms with E-state index in [0.29, 0.717) is 0 Å². The molecule has 1 rings (SSSR count). The summed E-state index contributed by atoms with van der Waals surface area (Å²) in [5.74, 6) is 0. The van der Waals surface area contributed by atoms with E-state index >= 15 is 0 Å². The van der Waals surface area contributed by atoms with Crippen LogP contribution < -0.4 is 5.73 Å². The fourth-order valence-corrected chi connectivity index (χ4v) is 1.40. The summed E-state index contributed by atoms with van der Waals surface area (Å²) in [6.07, 6.45) is 6.03. The molecule has 0 aliphatic carbocycles. The van der Waals surface area contributed by atoms with Crippen LogP contribution in [-0.4, -0.2) is 29.0 Å². The van der Waals surface area contributed by atoms with Crippen molar-refractivity contribution in [1.82, 2.24) is 9.78 Å². The minimum atomic E-state index is 0.192. The van der Waals surface area contributed by atoms with E-state index in [0.717, 1.165) is 19.4 Å². The smallest absolute Gasteiger partial charge is 0.0739 e. The molecule has 86 valence electrons. The summed E-state index contributed by atoms with van der Waals surface area (Å²) in [6.45, 7) is 4.92. The van der Waals surface area contributed by atoms with Gasteiger partial charge >= 0.3 is 0 Å². The van der Waals surface area contributed by atoms with Crippen molar-refractivity contribution in [3.63, 3.8) is 0 Å². The highest BCUT2D eigenvalue weighted by atomic mass is 16.5. The zero-order valence-electron chi connectivity index (χ0n) is 9.81. The molecule has 0 radical (unpaired) electrons. The van der Waals surface area contributed by atoms with E-state index in [1.165, 1.54) is 5.56 Å². The van der Waals surface area contributed by atoms with E-state index in [9.17, 15) is 0 Å². The molecule has 1 heterocycles. The maximum Gasteiger partial charge on any atom is 0.0739 e. The van der Waals surface area contributed by atoms with Crippen LogP contribution >= 0.6 is 0 Å². The van der Waals surface area contributed by atoms with Gasteiger partial charge in [-0.3, -0.25) is 4.68 Å². The molecule has 0 amide bonds. The predicted molar refractivity (Wildman–Crippen MR) is 60.7 cm³/mol. The van der Waals surface area contributed by atoms with Gasteiger partial charge in [-0.15, -0.1) is 0 Å². The Kier molecular flexibility index (Phi) is 4.78. The molecule has 0 bridgehead atoms. The van der Waals surface area contributed by atoms with Crippen molar-refractivity contribution in [2.75, 3.05) is 7.11 Å². The standard InChI is InChI=1S/C11H21N3O/c1-4-11(12)5-10-6-13-14(8-10)7-9(2)15-3/h6,8-9,11H,4-5,7,12H2,1-3H3. The summed E-state index contributed by atoms with van der Waals surface area (Å²) in [4.78, 5) is 0. The molecule has 0 saturated heterocycles. The van der Waals surface area contributed by atoms with E-state index in [1.807, 2.05) is 24.0 Å². The van der Waals surface area contributed by atoms with Crippen molar-refractivity contribution in [2.45, 2.75) is 45.4 Å². The number of nitrogens with two attached hydrogens (primary N) is 1. The zero-order valence-corrected chi connectivity index (χ0v) is 9.81. The van der Waals surface area contributed by atoms with Crippen molar-refractivity contribution in [2.24, 2.45) is 5.73 Å². The number of aromatic nitrogens is 2. The topological polar surface area (TPSA) is 53.1 Å². The minimum Gasteiger partial charge on any atom is -0.380 e. The average molecular weight is 211 g/mol. The molecule has 0 saturated carbocycles. The average Bonchev–Trinajstić information content (AvgIpc) is 2.65. The summed E-state index contributed by atoms with van der Waals surface area (Å²) < 4.78 is 7.09. The van der Waals surface area contributed by atoms with Crippen LogP contribution in [0.2, 0.25) is 0 Å².